The molecule has 1 aromatic heterocycles. The van der Waals surface area contributed by atoms with Crippen molar-refractivity contribution < 1.29 is 24.2 Å². The molecular formula is C25H26N2O5. The zero-order chi connectivity index (χ0) is 22.9. The Bertz CT molecular complexity index is 1140. The molecule has 0 aliphatic carbocycles. The molecule has 0 radical (unpaired) electrons. The lowest BCUT2D eigenvalue weighted by Crippen LogP contribution is -2.43. The molecule has 3 aromatic rings. The molecule has 1 fully saturated rings. The summed E-state index contributed by atoms with van der Waals surface area (Å²) in [5, 5.41) is 10.5. The van der Waals surface area contributed by atoms with Crippen LogP contribution in [-0.4, -0.2) is 51.3 Å². The molecule has 2 aromatic carbocycles. The molecule has 166 valence electrons. The largest absolute Gasteiger partial charge is 0.488 e. The molecule has 0 saturated carbocycles. The van der Waals surface area contributed by atoms with Crippen LogP contribution in [0.3, 0.4) is 0 Å². The smallest absolute Gasteiger partial charge is 0.411 e. The second kappa shape index (κ2) is 8.49. The summed E-state index contributed by atoms with van der Waals surface area (Å²) in [6.07, 6.45) is -0.968. The molecule has 1 aliphatic rings. The van der Waals surface area contributed by atoms with Gasteiger partial charge in [-0.25, -0.2) is 14.6 Å². The van der Waals surface area contributed by atoms with E-state index in [0.29, 0.717) is 5.75 Å². The van der Waals surface area contributed by atoms with Crippen molar-refractivity contribution in [3.05, 3.63) is 60.7 Å². The number of benzene rings is 2. The first-order chi connectivity index (χ1) is 15.2. The highest BCUT2D eigenvalue weighted by molar-refractivity contribution is 5.88. The SMILES string of the molecule is CC(C)(C)OC(=O)N1C[C@H](Oc2cc(-c3ccccc3)nc3ccccc23)C[C@H]1C(=O)O. The van der Waals surface area contributed by atoms with Gasteiger partial charge >= 0.3 is 12.1 Å². The van der Waals surface area contributed by atoms with Crippen LogP contribution in [0.5, 0.6) is 5.75 Å². The van der Waals surface area contributed by atoms with Crippen LogP contribution >= 0.6 is 0 Å². The van der Waals surface area contributed by atoms with Crippen LogP contribution in [0.25, 0.3) is 22.2 Å². The van der Waals surface area contributed by atoms with Gasteiger partial charge in [-0.05, 0) is 32.9 Å². The molecule has 0 bridgehead atoms. The lowest BCUT2D eigenvalue weighted by atomic mass is 10.1. The van der Waals surface area contributed by atoms with E-state index in [9.17, 15) is 14.7 Å². The molecule has 32 heavy (non-hydrogen) atoms. The number of carbonyl (C=O) groups excluding carboxylic acids is 1. The summed E-state index contributed by atoms with van der Waals surface area (Å²) in [5.74, 6) is -0.471. The molecular weight excluding hydrogens is 408 g/mol. The van der Waals surface area contributed by atoms with Crippen LogP contribution in [0.2, 0.25) is 0 Å². The maximum absolute atomic E-state index is 12.6. The normalized spacial score (nSPS) is 18.5. The van der Waals surface area contributed by atoms with Crippen molar-refractivity contribution in [1.82, 2.24) is 9.88 Å². The van der Waals surface area contributed by atoms with Gasteiger partial charge in [-0.2, -0.15) is 0 Å². The van der Waals surface area contributed by atoms with Gasteiger partial charge in [0.25, 0.3) is 0 Å². The number of aromatic nitrogens is 1. The summed E-state index contributed by atoms with van der Waals surface area (Å²) >= 11 is 0. The average molecular weight is 434 g/mol. The lowest BCUT2D eigenvalue weighted by Gasteiger charge is -2.26. The predicted octanol–water partition coefficient (Wildman–Crippen LogP) is 4.74. The Labute approximate surface area is 186 Å². The number of carboxylic acid groups (broad SMARTS) is 1. The maximum Gasteiger partial charge on any atom is 0.411 e. The van der Waals surface area contributed by atoms with Gasteiger partial charge in [-0.1, -0.05) is 42.5 Å². The highest BCUT2D eigenvalue weighted by atomic mass is 16.6. The number of likely N-dealkylation sites (tertiary alicyclic amines) is 1. The molecule has 0 spiro atoms. The van der Waals surface area contributed by atoms with E-state index in [1.807, 2.05) is 60.7 Å². The minimum absolute atomic E-state index is 0.128. The second-order valence-electron chi connectivity index (χ2n) is 8.85. The fourth-order valence-electron chi connectivity index (χ4n) is 3.82. The second-order valence-corrected chi connectivity index (χ2v) is 8.85. The van der Waals surface area contributed by atoms with Crippen molar-refractivity contribution in [3.8, 4) is 17.0 Å². The third kappa shape index (κ3) is 4.66. The van der Waals surface area contributed by atoms with Gasteiger partial charge in [0.1, 0.15) is 23.5 Å². The van der Waals surface area contributed by atoms with Crippen LogP contribution in [-0.2, 0) is 9.53 Å². The van der Waals surface area contributed by atoms with E-state index in [4.69, 9.17) is 14.5 Å². The van der Waals surface area contributed by atoms with Crippen molar-refractivity contribution in [2.45, 2.75) is 44.9 Å². The van der Waals surface area contributed by atoms with E-state index in [-0.39, 0.29) is 13.0 Å². The minimum Gasteiger partial charge on any atom is -0.488 e. The van der Waals surface area contributed by atoms with Gasteiger partial charge in [0.15, 0.2) is 0 Å². The quantitative estimate of drug-likeness (QED) is 0.638. The minimum atomic E-state index is -1.08. The van der Waals surface area contributed by atoms with Crippen molar-refractivity contribution in [2.24, 2.45) is 0 Å². The molecule has 7 heteroatoms. The number of hydrogen-bond donors (Lipinski definition) is 1. The number of pyridine rings is 1. The van der Waals surface area contributed by atoms with E-state index in [0.717, 1.165) is 22.2 Å². The van der Waals surface area contributed by atoms with Gasteiger partial charge in [0, 0.05) is 23.4 Å². The first-order valence-corrected chi connectivity index (χ1v) is 10.6. The van der Waals surface area contributed by atoms with Gasteiger partial charge in [-0.15, -0.1) is 0 Å². The van der Waals surface area contributed by atoms with Crippen molar-refractivity contribution in [1.29, 1.82) is 0 Å². The predicted molar refractivity (Wildman–Crippen MR) is 121 cm³/mol. The van der Waals surface area contributed by atoms with Crippen LogP contribution in [0, 0.1) is 0 Å². The highest BCUT2D eigenvalue weighted by Crippen LogP contribution is 2.33. The standard InChI is InChI=1S/C25H26N2O5/c1-25(2,3)32-24(30)27-15-17(13-21(27)23(28)29)31-22-14-20(16-9-5-4-6-10-16)26-19-12-8-7-11-18(19)22/h4-12,14,17,21H,13,15H2,1-3H3,(H,28,29)/t17-,21+/m1/s1. The summed E-state index contributed by atoms with van der Waals surface area (Å²) in [5.41, 5.74) is 1.77. The third-order valence-electron chi connectivity index (χ3n) is 5.22. The van der Waals surface area contributed by atoms with E-state index >= 15 is 0 Å². The molecule has 4 rings (SSSR count). The van der Waals surface area contributed by atoms with Crippen molar-refractivity contribution in [3.63, 3.8) is 0 Å². The number of carbonyl (C=O) groups is 2. The van der Waals surface area contributed by atoms with E-state index < -0.39 is 29.8 Å². The third-order valence-corrected chi connectivity index (χ3v) is 5.22. The number of ether oxygens (including phenoxy) is 2. The molecule has 0 unspecified atom stereocenters. The Morgan fingerprint density at radius 3 is 2.44 bits per heavy atom. The van der Waals surface area contributed by atoms with Gasteiger partial charge in [0.05, 0.1) is 17.8 Å². The fourth-order valence-corrected chi connectivity index (χ4v) is 3.82. The van der Waals surface area contributed by atoms with Crippen LogP contribution in [0.4, 0.5) is 4.79 Å². The lowest BCUT2D eigenvalue weighted by molar-refractivity contribution is -0.142. The van der Waals surface area contributed by atoms with Gasteiger partial charge < -0.3 is 14.6 Å². The van der Waals surface area contributed by atoms with Crippen LogP contribution in [0.1, 0.15) is 27.2 Å². The monoisotopic (exact) mass is 434 g/mol. The Balaban J connectivity index is 1.64. The zero-order valence-electron chi connectivity index (χ0n) is 18.3. The number of nitrogens with zero attached hydrogens (tertiary/aromatic N) is 2. The number of aliphatic carboxylic acids is 1. The number of carboxylic acids is 1. The molecule has 2 atom stereocenters. The first-order valence-electron chi connectivity index (χ1n) is 10.6. The maximum atomic E-state index is 12.6. The summed E-state index contributed by atoms with van der Waals surface area (Å²) < 4.78 is 11.7. The molecule has 2 heterocycles. The van der Waals surface area contributed by atoms with Crippen molar-refractivity contribution >= 4 is 23.0 Å². The molecule has 1 N–H and O–H groups in total. The van der Waals surface area contributed by atoms with Gasteiger partial charge in [-0.3, -0.25) is 4.90 Å². The number of rotatable bonds is 4. The Kier molecular flexibility index (Phi) is 5.74. The Morgan fingerprint density at radius 1 is 1.06 bits per heavy atom. The fraction of sp³-hybridized carbons (Fsp3) is 0.320. The summed E-state index contributed by atoms with van der Waals surface area (Å²) in [4.78, 5) is 30.4. The van der Waals surface area contributed by atoms with E-state index in [1.165, 1.54) is 4.90 Å². The molecule has 1 saturated heterocycles. The van der Waals surface area contributed by atoms with Gasteiger partial charge in [0.2, 0.25) is 0 Å². The Morgan fingerprint density at radius 2 is 1.75 bits per heavy atom. The first kappa shape index (κ1) is 21.6. The van der Waals surface area contributed by atoms with Crippen LogP contribution in [0.15, 0.2) is 60.7 Å². The summed E-state index contributed by atoms with van der Waals surface area (Å²) in [6.45, 7) is 5.38. The number of para-hydroxylation sites is 1. The molecule has 7 nitrogen and oxygen atoms in total. The van der Waals surface area contributed by atoms with Crippen molar-refractivity contribution in [2.75, 3.05) is 6.54 Å². The number of hydrogen-bond acceptors (Lipinski definition) is 5. The number of fused-ring (bicyclic) bond motifs is 1. The highest BCUT2D eigenvalue weighted by Gasteiger charge is 2.42. The number of amides is 1. The molecule has 1 aliphatic heterocycles. The summed E-state index contributed by atoms with van der Waals surface area (Å²) in [6, 6.07) is 18.3. The van der Waals surface area contributed by atoms with E-state index in [1.54, 1.807) is 20.8 Å². The van der Waals surface area contributed by atoms with E-state index in [2.05, 4.69) is 0 Å². The average Bonchev–Trinajstić information content (AvgIpc) is 3.18. The topological polar surface area (TPSA) is 89.0 Å². The van der Waals surface area contributed by atoms with Crippen LogP contribution < -0.4 is 4.74 Å². The summed E-state index contributed by atoms with van der Waals surface area (Å²) in [7, 11) is 0. The molecule has 1 amide bonds. The Hall–Kier alpha value is -3.61. The zero-order valence-corrected chi connectivity index (χ0v) is 18.3.